The molecule has 112 valence electrons. The van der Waals surface area contributed by atoms with Crippen molar-refractivity contribution in [2.45, 2.75) is 23.8 Å². The zero-order chi connectivity index (χ0) is 14.9. The SMILES string of the molecule is CN(C)C1CCN(S(=O)(=O)c2csc(C(=O)O)c2)CC1. The Morgan fingerprint density at radius 1 is 1.40 bits per heavy atom. The highest BCUT2D eigenvalue weighted by Gasteiger charge is 2.31. The molecule has 0 unspecified atom stereocenters. The maximum Gasteiger partial charge on any atom is 0.345 e. The second-order valence-corrected chi connectivity index (χ2v) is 7.90. The third-order valence-electron chi connectivity index (χ3n) is 3.58. The van der Waals surface area contributed by atoms with Crippen molar-refractivity contribution in [2.75, 3.05) is 27.2 Å². The largest absolute Gasteiger partial charge is 0.477 e. The average molecular weight is 318 g/mol. The number of hydrogen-bond donors (Lipinski definition) is 1. The molecule has 0 aromatic carbocycles. The van der Waals surface area contributed by atoms with E-state index in [9.17, 15) is 13.2 Å². The van der Waals surface area contributed by atoms with E-state index >= 15 is 0 Å². The summed E-state index contributed by atoms with van der Waals surface area (Å²) in [4.78, 5) is 13.1. The first-order valence-electron chi connectivity index (χ1n) is 6.31. The molecule has 1 N–H and O–H groups in total. The topological polar surface area (TPSA) is 77.9 Å². The van der Waals surface area contributed by atoms with Gasteiger partial charge in [0.2, 0.25) is 10.0 Å². The lowest BCUT2D eigenvalue weighted by atomic mass is 10.1. The Morgan fingerprint density at radius 3 is 2.45 bits per heavy atom. The minimum absolute atomic E-state index is 0.0479. The Morgan fingerprint density at radius 2 is 2.00 bits per heavy atom. The number of rotatable bonds is 4. The van der Waals surface area contributed by atoms with Crippen molar-refractivity contribution in [2.24, 2.45) is 0 Å². The van der Waals surface area contributed by atoms with Gasteiger partial charge >= 0.3 is 5.97 Å². The highest BCUT2D eigenvalue weighted by molar-refractivity contribution is 7.89. The molecule has 0 saturated carbocycles. The molecule has 1 saturated heterocycles. The molecule has 8 heteroatoms. The molecular formula is C12H18N2O4S2. The van der Waals surface area contributed by atoms with Gasteiger partial charge in [-0.1, -0.05) is 0 Å². The Bertz CT molecular complexity index is 586. The quantitative estimate of drug-likeness (QED) is 0.901. The Hall–Kier alpha value is -0.960. The summed E-state index contributed by atoms with van der Waals surface area (Å²) in [5, 5.41) is 10.3. The maximum atomic E-state index is 12.4. The number of hydrogen-bond acceptors (Lipinski definition) is 5. The van der Waals surface area contributed by atoms with Crippen LogP contribution in [0, 0.1) is 0 Å². The average Bonchev–Trinajstić information content (AvgIpc) is 2.89. The number of carboxylic acid groups (broad SMARTS) is 1. The molecule has 1 aromatic heterocycles. The molecular weight excluding hydrogens is 300 g/mol. The van der Waals surface area contributed by atoms with Crippen molar-refractivity contribution in [3.63, 3.8) is 0 Å². The van der Waals surface area contributed by atoms with Gasteiger partial charge in [-0.15, -0.1) is 11.3 Å². The summed E-state index contributed by atoms with van der Waals surface area (Å²) in [5.41, 5.74) is 0. The number of aromatic carboxylic acids is 1. The van der Waals surface area contributed by atoms with Gasteiger partial charge in [0.15, 0.2) is 0 Å². The predicted octanol–water partition coefficient (Wildman–Crippen LogP) is 1.16. The lowest BCUT2D eigenvalue weighted by Gasteiger charge is -2.34. The van der Waals surface area contributed by atoms with Crippen LogP contribution in [0.1, 0.15) is 22.5 Å². The van der Waals surface area contributed by atoms with Crippen LogP contribution >= 0.6 is 11.3 Å². The van der Waals surface area contributed by atoms with Gasteiger partial charge in [0.1, 0.15) is 4.88 Å². The van der Waals surface area contributed by atoms with Crippen LogP contribution in [-0.2, 0) is 10.0 Å². The van der Waals surface area contributed by atoms with Crippen molar-refractivity contribution >= 4 is 27.3 Å². The molecule has 2 rings (SSSR count). The van der Waals surface area contributed by atoms with Crippen LogP contribution < -0.4 is 0 Å². The van der Waals surface area contributed by atoms with Gasteiger partial charge in [-0.25, -0.2) is 13.2 Å². The maximum absolute atomic E-state index is 12.4. The fraction of sp³-hybridized carbons (Fsp3) is 0.583. The molecule has 0 aliphatic carbocycles. The molecule has 1 aliphatic heterocycles. The zero-order valence-electron chi connectivity index (χ0n) is 11.4. The number of thiophene rings is 1. The smallest absolute Gasteiger partial charge is 0.345 e. The van der Waals surface area contributed by atoms with E-state index in [-0.39, 0.29) is 9.77 Å². The highest BCUT2D eigenvalue weighted by Crippen LogP contribution is 2.26. The molecule has 2 heterocycles. The predicted molar refractivity (Wildman–Crippen MR) is 76.7 cm³/mol. The molecule has 1 aliphatic rings. The zero-order valence-corrected chi connectivity index (χ0v) is 13.1. The molecule has 0 spiro atoms. The van der Waals surface area contributed by atoms with E-state index in [1.807, 2.05) is 14.1 Å². The van der Waals surface area contributed by atoms with Crippen LogP contribution in [0.5, 0.6) is 0 Å². The van der Waals surface area contributed by atoms with Crippen molar-refractivity contribution in [3.05, 3.63) is 16.3 Å². The Kier molecular flexibility index (Phi) is 4.48. The third-order valence-corrected chi connectivity index (χ3v) is 6.52. The summed E-state index contributed by atoms with van der Waals surface area (Å²) in [6, 6.07) is 1.64. The first-order chi connectivity index (χ1) is 9.32. The molecule has 1 fully saturated rings. The summed E-state index contributed by atoms with van der Waals surface area (Å²) in [6.45, 7) is 0.951. The van der Waals surface area contributed by atoms with Crippen molar-refractivity contribution in [3.8, 4) is 0 Å². The third kappa shape index (κ3) is 3.03. The molecule has 0 amide bonds. The van der Waals surface area contributed by atoms with Gasteiger partial charge in [0.25, 0.3) is 0 Å². The number of sulfonamides is 1. The van der Waals surface area contributed by atoms with Crippen LogP contribution in [0.4, 0.5) is 0 Å². The summed E-state index contributed by atoms with van der Waals surface area (Å²) >= 11 is 0.940. The Labute approximate surface area is 122 Å². The van der Waals surface area contributed by atoms with Crippen LogP contribution in [-0.4, -0.2) is 61.9 Å². The fourth-order valence-corrected chi connectivity index (χ4v) is 4.88. The van der Waals surface area contributed by atoms with Crippen LogP contribution in [0.3, 0.4) is 0 Å². The van der Waals surface area contributed by atoms with E-state index in [1.54, 1.807) is 0 Å². The molecule has 0 bridgehead atoms. The van der Waals surface area contributed by atoms with Crippen LogP contribution in [0.15, 0.2) is 16.3 Å². The Balaban J connectivity index is 2.13. The number of carboxylic acids is 1. The molecule has 0 radical (unpaired) electrons. The molecule has 1 aromatic rings. The second-order valence-electron chi connectivity index (χ2n) is 5.05. The highest BCUT2D eigenvalue weighted by atomic mass is 32.2. The lowest BCUT2D eigenvalue weighted by Crippen LogP contribution is -2.44. The van der Waals surface area contributed by atoms with E-state index in [1.165, 1.54) is 15.8 Å². The monoisotopic (exact) mass is 318 g/mol. The minimum Gasteiger partial charge on any atom is -0.477 e. The summed E-state index contributed by atoms with van der Waals surface area (Å²) < 4.78 is 26.3. The second kappa shape index (κ2) is 5.80. The molecule has 6 nitrogen and oxygen atoms in total. The van der Waals surface area contributed by atoms with E-state index in [0.29, 0.717) is 19.1 Å². The van der Waals surface area contributed by atoms with Crippen LogP contribution in [0.2, 0.25) is 0 Å². The normalized spacial score (nSPS) is 18.6. The van der Waals surface area contributed by atoms with Gasteiger partial charge in [-0.2, -0.15) is 4.31 Å². The summed E-state index contributed by atoms with van der Waals surface area (Å²) in [6.07, 6.45) is 1.59. The lowest BCUT2D eigenvalue weighted by molar-refractivity contribution is 0.0702. The number of nitrogens with zero attached hydrogens (tertiary/aromatic N) is 2. The summed E-state index contributed by atoms with van der Waals surface area (Å²) in [5.74, 6) is -1.09. The van der Waals surface area contributed by atoms with Crippen LogP contribution in [0.25, 0.3) is 0 Å². The van der Waals surface area contributed by atoms with Crippen molar-refractivity contribution < 1.29 is 18.3 Å². The van der Waals surface area contributed by atoms with Crippen molar-refractivity contribution in [1.82, 2.24) is 9.21 Å². The first kappa shape index (κ1) is 15.4. The minimum atomic E-state index is -3.56. The van der Waals surface area contributed by atoms with Gasteiger partial charge in [-0.3, -0.25) is 0 Å². The van der Waals surface area contributed by atoms with Crippen molar-refractivity contribution in [1.29, 1.82) is 0 Å². The number of carbonyl (C=O) groups is 1. The van der Waals surface area contributed by atoms with Gasteiger partial charge < -0.3 is 10.0 Å². The fourth-order valence-electron chi connectivity index (χ4n) is 2.31. The first-order valence-corrected chi connectivity index (χ1v) is 8.62. The molecule has 0 atom stereocenters. The standard InChI is InChI=1S/C12H18N2O4S2/c1-13(2)9-3-5-14(6-4-9)20(17,18)10-7-11(12(15)16)19-8-10/h7-9H,3-6H2,1-2H3,(H,15,16). The number of piperidine rings is 1. The van der Waals surface area contributed by atoms with E-state index in [4.69, 9.17) is 5.11 Å². The van der Waals surface area contributed by atoms with E-state index in [0.717, 1.165) is 24.2 Å². The molecule has 20 heavy (non-hydrogen) atoms. The summed E-state index contributed by atoms with van der Waals surface area (Å²) in [7, 11) is 0.424. The van der Waals surface area contributed by atoms with Gasteiger partial charge in [0, 0.05) is 24.5 Å². The van der Waals surface area contributed by atoms with Gasteiger partial charge in [-0.05, 0) is 33.0 Å². The van der Waals surface area contributed by atoms with E-state index in [2.05, 4.69) is 4.90 Å². The van der Waals surface area contributed by atoms with E-state index < -0.39 is 16.0 Å². The van der Waals surface area contributed by atoms with Gasteiger partial charge in [0.05, 0.1) is 4.90 Å².